The lowest BCUT2D eigenvalue weighted by molar-refractivity contribution is 0.337. The third-order valence-electron chi connectivity index (χ3n) is 6.51. The fraction of sp³-hybridized carbons (Fsp3) is 0.630. The van der Waals surface area contributed by atoms with Crippen LogP contribution in [-0.4, -0.2) is 24.0 Å². The average Bonchev–Trinajstić information content (AvgIpc) is 3.01. The molecule has 1 aromatic carbocycles. The molecular formula is C27H46OSi2. The highest BCUT2D eigenvalue weighted by Crippen LogP contribution is 2.49. The number of allylic oxidation sites excluding steroid dienone is 4. The third-order valence-corrected chi connectivity index (χ3v) is 10.8. The predicted octanol–water partition coefficient (Wildman–Crippen LogP) is 7.33. The molecule has 3 heteroatoms. The standard InChI is InChI=1S/C27H46OSi2/c1-18-16-21(26(2,3)4)24(28-8)22(25(18)29(9)10)23(27(5,6)7)19-14-15-20(17-19)30(11,12)13/h14-17,20,23,29H,1-13H3. The van der Waals surface area contributed by atoms with Crippen molar-refractivity contribution in [3.05, 3.63) is 46.6 Å². The zero-order chi connectivity index (χ0) is 23.2. The van der Waals surface area contributed by atoms with Gasteiger partial charge in [-0.05, 0) is 28.9 Å². The summed E-state index contributed by atoms with van der Waals surface area (Å²) in [4.78, 5) is 0. The van der Waals surface area contributed by atoms with Gasteiger partial charge in [0.1, 0.15) is 5.75 Å². The molecule has 0 saturated carbocycles. The van der Waals surface area contributed by atoms with Crippen molar-refractivity contribution >= 4 is 22.1 Å². The maximum Gasteiger partial charge on any atom is 0.126 e. The quantitative estimate of drug-likeness (QED) is 0.434. The summed E-state index contributed by atoms with van der Waals surface area (Å²) in [6, 6.07) is 2.41. The van der Waals surface area contributed by atoms with Crippen LogP contribution in [0.5, 0.6) is 5.75 Å². The van der Waals surface area contributed by atoms with E-state index in [4.69, 9.17) is 4.74 Å². The lowest BCUT2D eigenvalue weighted by Crippen LogP contribution is -2.36. The van der Waals surface area contributed by atoms with Crippen molar-refractivity contribution in [3.63, 3.8) is 0 Å². The zero-order valence-corrected chi connectivity index (χ0v) is 24.1. The molecule has 0 aromatic heterocycles. The number of benzene rings is 1. The van der Waals surface area contributed by atoms with E-state index in [1.54, 1.807) is 5.19 Å². The first-order valence-electron chi connectivity index (χ1n) is 11.6. The first-order valence-corrected chi connectivity index (χ1v) is 18.1. The van der Waals surface area contributed by atoms with Gasteiger partial charge < -0.3 is 4.74 Å². The number of aryl methyl sites for hydroxylation is 1. The van der Waals surface area contributed by atoms with Crippen LogP contribution in [0.15, 0.2) is 29.9 Å². The smallest absolute Gasteiger partial charge is 0.126 e. The summed E-state index contributed by atoms with van der Waals surface area (Å²) in [7, 11) is -0.460. The van der Waals surface area contributed by atoms with Crippen molar-refractivity contribution in [3.8, 4) is 5.75 Å². The van der Waals surface area contributed by atoms with Crippen LogP contribution in [0.1, 0.15) is 64.2 Å². The minimum absolute atomic E-state index is 0.0467. The molecule has 1 nitrogen and oxygen atoms in total. The van der Waals surface area contributed by atoms with Crippen molar-refractivity contribution in [1.29, 1.82) is 0 Å². The Labute approximate surface area is 189 Å². The molecule has 0 heterocycles. The van der Waals surface area contributed by atoms with Crippen molar-refractivity contribution in [2.24, 2.45) is 5.41 Å². The number of hydrogen-bond acceptors (Lipinski definition) is 1. The molecule has 1 aliphatic rings. The fourth-order valence-electron chi connectivity index (χ4n) is 5.03. The van der Waals surface area contributed by atoms with Crippen LogP contribution in [0, 0.1) is 12.3 Å². The molecule has 1 aromatic rings. The second-order valence-corrected chi connectivity index (χ2v) is 21.0. The second kappa shape index (κ2) is 8.46. The van der Waals surface area contributed by atoms with Crippen LogP contribution in [0.3, 0.4) is 0 Å². The van der Waals surface area contributed by atoms with Crippen LogP contribution >= 0.6 is 0 Å². The SMILES string of the molecule is COc1c(C(C)(C)C)cc(C)c([SiH](C)C)c1C(C1=CC([Si](C)(C)C)C=C1)C(C)(C)C. The summed E-state index contributed by atoms with van der Waals surface area (Å²) in [6.45, 7) is 28.8. The van der Waals surface area contributed by atoms with Gasteiger partial charge in [-0.3, -0.25) is 0 Å². The van der Waals surface area contributed by atoms with E-state index in [1.165, 1.54) is 22.3 Å². The van der Waals surface area contributed by atoms with Crippen molar-refractivity contribution < 1.29 is 4.74 Å². The van der Waals surface area contributed by atoms with Gasteiger partial charge in [-0.2, -0.15) is 0 Å². The lowest BCUT2D eigenvalue weighted by atomic mass is 9.70. The average molecular weight is 443 g/mol. The van der Waals surface area contributed by atoms with Gasteiger partial charge in [0.25, 0.3) is 0 Å². The van der Waals surface area contributed by atoms with Crippen LogP contribution in [0.4, 0.5) is 0 Å². The molecule has 0 N–H and O–H groups in total. The molecule has 2 rings (SSSR count). The third kappa shape index (κ3) is 5.04. The van der Waals surface area contributed by atoms with E-state index in [2.05, 4.69) is 105 Å². The Morgan fingerprint density at radius 3 is 1.97 bits per heavy atom. The number of rotatable bonds is 5. The summed E-state index contributed by atoms with van der Waals surface area (Å²) in [5, 5.41) is 1.60. The van der Waals surface area contributed by atoms with E-state index in [9.17, 15) is 0 Å². The summed E-state index contributed by atoms with van der Waals surface area (Å²) in [5.74, 6) is 1.48. The molecule has 2 atom stereocenters. The molecule has 30 heavy (non-hydrogen) atoms. The summed E-state index contributed by atoms with van der Waals surface area (Å²) < 4.78 is 6.26. The first kappa shape index (κ1) is 25.2. The molecule has 168 valence electrons. The molecular weight excluding hydrogens is 396 g/mol. The van der Waals surface area contributed by atoms with Crippen LogP contribution < -0.4 is 9.92 Å². The van der Waals surface area contributed by atoms with Gasteiger partial charge >= 0.3 is 0 Å². The molecule has 0 radical (unpaired) electrons. The number of ether oxygens (including phenoxy) is 1. The Hall–Kier alpha value is -1.07. The van der Waals surface area contributed by atoms with E-state index in [-0.39, 0.29) is 10.8 Å². The summed E-state index contributed by atoms with van der Waals surface area (Å²) in [6.07, 6.45) is 7.50. The van der Waals surface area contributed by atoms with Gasteiger partial charge in [-0.1, -0.05) is 109 Å². The topological polar surface area (TPSA) is 9.23 Å². The van der Waals surface area contributed by atoms with E-state index < -0.39 is 16.9 Å². The number of hydrogen-bond donors (Lipinski definition) is 0. The Morgan fingerprint density at radius 1 is 1.03 bits per heavy atom. The Kier molecular flexibility index (Phi) is 7.11. The molecule has 1 aliphatic carbocycles. The van der Waals surface area contributed by atoms with E-state index in [0.717, 1.165) is 5.75 Å². The Bertz CT molecular complexity index is 840. The highest BCUT2D eigenvalue weighted by molar-refractivity contribution is 6.78. The summed E-state index contributed by atoms with van der Waals surface area (Å²) >= 11 is 0. The van der Waals surface area contributed by atoms with Crippen molar-refractivity contribution in [2.45, 2.75) is 98.1 Å². The summed E-state index contributed by atoms with van der Waals surface area (Å²) in [5.41, 5.74) is 6.54. The molecule has 0 spiro atoms. The normalized spacial score (nSPS) is 18.7. The van der Waals surface area contributed by atoms with Gasteiger partial charge in [0.05, 0.1) is 24.0 Å². The van der Waals surface area contributed by atoms with E-state index >= 15 is 0 Å². The molecule has 0 aliphatic heterocycles. The van der Waals surface area contributed by atoms with Gasteiger partial charge in [0.2, 0.25) is 0 Å². The van der Waals surface area contributed by atoms with Gasteiger partial charge in [0, 0.05) is 17.0 Å². The van der Waals surface area contributed by atoms with Crippen LogP contribution in [-0.2, 0) is 5.41 Å². The second-order valence-electron chi connectivity index (χ2n) is 12.7. The molecule has 0 amide bonds. The predicted molar refractivity (Wildman–Crippen MR) is 141 cm³/mol. The maximum atomic E-state index is 6.26. The number of methoxy groups -OCH3 is 1. The Morgan fingerprint density at radius 2 is 1.60 bits per heavy atom. The molecule has 0 bridgehead atoms. The zero-order valence-electron chi connectivity index (χ0n) is 21.9. The highest BCUT2D eigenvalue weighted by Gasteiger charge is 2.38. The van der Waals surface area contributed by atoms with Gasteiger partial charge in [-0.15, -0.1) is 0 Å². The van der Waals surface area contributed by atoms with Crippen molar-refractivity contribution in [1.82, 2.24) is 0 Å². The van der Waals surface area contributed by atoms with E-state index in [0.29, 0.717) is 11.5 Å². The molecule has 0 saturated heterocycles. The van der Waals surface area contributed by atoms with Gasteiger partial charge in [0.15, 0.2) is 0 Å². The molecule has 0 fully saturated rings. The van der Waals surface area contributed by atoms with Crippen molar-refractivity contribution in [2.75, 3.05) is 7.11 Å². The largest absolute Gasteiger partial charge is 0.496 e. The minimum Gasteiger partial charge on any atom is -0.496 e. The Balaban J connectivity index is 2.92. The van der Waals surface area contributed by atoms with Crippen LogP contribution in [0.2, 0.25) is 38.3 Å². The van der Waals surface area contributed by atoms with Gasteiger partial charge in [-0.25, -0.2) is 0 Å². The molecule has 2 unspecified atom stereocenters. The fourth-order valence-corrected chi connectivity index (χ4v) is 8.31. The maximum absolute atomic E-state index is 6.26. The lowest BCUT2D eigenvalue weighted by Gasteiger charge is -2.38. The van der Waals surface area contributed by atoms with E-state index in [1.807, 2.05) is 7.11 Å². The monoisotopic (exact) mass is 442 g/mol. The highest BCUT2D eigenvalue weighted by atomic mass is 28.3. The first-order chi connectivity index (χ1) is 13.5. The minimum atomic E-state index is -1.27. The van der Waals surface area contributed by atoms with Crippen LogP contribution in [0.25, 0.3) is 0 Å².